The average Bonchev–Trinajstić information content (AvgIpc) is 2.68. The number of halogens is 3. The van der Waals surface area contributed by atoms with Crippen molar-refractivity contribution in [2.45, 2.75) is 17.4 Å². The number of nitrogens with zero attached hydrogens (tertiary/aromatic N) is 1. The predicted molar refractivity (Wildman–Crippen MR) is 105 cm³/mol. The Morgan fingerprint density at radius 1 is 1.20 bits per heavy atom. The van der Waals surface area contributed by atoms with Crippen LogP contribution in [0, 0.1) is 11.6 Å². The Balaban J connectivity index is 2.28. The van der Waals surface area contributed by atoms with Crippen LogP contribution in [0.5, 0.6) is 11.5 Å². The Kier molecular flexibility index (Phi) is 8.10. The van der Waals surface area contributed by atoms with Gasteiger partial charge in [0.15, 0.2) is 17.4 Å². The average molecular weight is 464 g/mol. The number of benzene rings is 2. The van der Waals surface area contributed by atoms with Crippen LogP contribution in [0.4, 0.5) is 8.78 Å². The second kappa shape index (κ2) is 10.1. The quantitative estimate of drug-likeness (QED) is 0.389. The van der Waals surface area contributed by atoms with Gasteiger partial charge >= 0.3 is 0 Å². The number of rotatable bonds is 9. The Morgan fingerprint density at radius 2 is 1.77 bits per heavy atom. The lowest BCUT2D eigenvalue weighted by atomic mass is 10.2. The second-order valence-corrected chi connectivity index (χ2v) is 8.66. The summed E-state index contributed by atoms with van der Waals surface area (Å²) in [5, 5.41) is 9.22. The number of carbonyl (C=O) groups excluding carboxylic acids is 1. The van der Waals surface area contributed by atoms with E-state index in [1.807, 2.05) is 4.72 Å². The molecule has 0 aliphatic rings. The summed E-state index contributed by atoms with van der Waals surface area (Å²) in [7, 11) is -1.09. The topological polar surface area (TPSA) is 108 Å². The highest BCUT2D eigenvalue weighted by Crippen LogP contribution is 2.30. The molecule has 0 aliphatic carbocycles. The van der Waals surface area contributed by atoms with E-state index in [1.165, 1.54) is 29.7 Å². The van der Waals surface area contributed by atoms with Crippen molar-refractivity contribution in [2.24, 2.45) is 0 Å². The minimum absolute atomic E-state index is 0.00134. The standard InChI is InChI=1S/C18H20ClF2N3O5S/c1-24(2)8-7-16(18(25)22-26)23-30(27,28)13-9-14(20)17(15(21)10-13)29-12-5-3-11(19)4-6-12/h3-6,9-10,16,23,26H,7-8H2,1-2H3,(H,22,25)/t16-/m1/s1. The number of ether oxygens (including phenoxy) is 1. The van der Waals surface area contributed by atoms with Crippen LogP contribution < -0.4 is 14.9 Å². The molecular weight excluding hydrogens is 444 g/mol. The molecule has 0 aliphatic heterocycles. The van der Waals surface area contributed by atoms with Gasteiger partial charge in [0.1, 0.15) is 11.8 Å². The van der Waals surface area contributed by atoms with Gasteiger partial charge in [0.25, 0.3) is 5.91 Å². The first-order valence-corrected chi connectivity index (χ1v) is 10.4. The Morgan fingerprint density at radius 3 is 2.27 bits per heavy atom. The van der Waals surface area contributed by atoms with Gasteiger partial charge in [0.2, 0.25) is 10.0 Å². The summed E-state index contributed by atoms with van der Waals surface area (Å²) in [6.45, 7) is 0.303. The minimum Gasteiger partial charge on any atom is -0.451 e. The van der Waals surface area contributed by atoms with Gasteiger partial charge in [-0.05, 0) is 63.5 Å². The third kappa shape index (κ3) is 6.34. The van der Waals surface area contributed by atoms with Gasteiger partial charge in [-0.25, -0.2) is 22.7 Å². The summed E-state index contributed by atoms with van der Waals surface area (Å²) in [5.41, 5.74) is 1.36. The van der Waals surface area contributed by atoms with E-state index >= 15 is 0 Å². The van der Waals surface area contributed by atoms with E-state index in [1.54, 1.807) is 19.0 Å². The normalized spacial score (nSPS) is 12.6. The molecule has 0 unspecified atom stereocenters. The Hall–Kier alpha value is -2.31. The number of hydroxylamine groups is 1. The van der Waals surface area contributed by atoms with Crippen LogP contribution in [0.2, 0.25) is 5.02 Å². The summed E-state index contributed by atoms with van der Waals surface area (Å²) >= 11 is 5.74. The highest BCUT2D eigenvalue weighted by molar-refractivity contribution is 7.89. The van der Waals surface area contributed by atoms with Gasteiger partial charge in [0.05, 0.1) is 4.90 Å². The number of hydrogen-bond acceptors (Lipinski definition) is 6. The SMILES string of the molecule is CN(C)CC[C@@H](NS(=O)(=O)c1cc(F)c(Oc2ccc(Cl)cc2)c(F)c1)C(=O)NO. The molecule has 1 amide bonds. The van der Waals surface area contributed by atoms with E-state index < -0.39 is 44.3 Å². The third-order valence-corrected chi connectivity index (χ3v) is 5.61. The Labute approximate surface area is 177 Å². The molecule has 30 heavy (non-hydrogen) atoms. The first kappa shape index (κ1) is 24.0. The molecule has 12 heteroatoms. The fourth-order valence-corrected chi connectivity index (χ4v) is 3.75. The fourth-order valence-electron chi connectivity index (χ4n) is 2.37. The number of sulfonamides is 1. The van der Waals surface area contributed by atoms with E-state index in [4.69, 9.17) is 21.5 Å². The molecule has 164 valence electrons. The van der Waals surface area contributed by atoms with Crippen LogP contribution in [0.25, 0.3) is 0 Å². The van der Waals surface area contributed by atoms with Crippen molar-refractivity contribution in [2.75, 3.05) is 20.6 Å². The molecule has 3 N–H and O–H groups in total. The summed E-state index contributed by atoms with van der Waals surface area (Å²) in [6, 6.07) is 5.45. The monoisotopic (exact) mass is 463 g/mol. The second-order valence-electron chi connectivity index (χ2n) is 6.51. The maximum atomic E-state index is 14.4. The zero-order valence-corrected chi connectivity index (χ0v) is 17.6. The molecule has 2 aromatic rings. The molecular formula is C18H20ClF2N3O5S. The van der Waals surface area contributed by atoms with E-state index in [9.17, 15) is 22.0 Å². The summed E-state index contributed by atoms with van der Waals surface area (Å²) in [4.78, 5) is 12.7. The number of amides is 1. The number of nitrogens with one attached hydrogen (secondary N) is 2. The van der Waals surface area contributed by atoms with Crippen LogP contribution in [-0.4, -0.2) is 51.1 Å². The molecule has 0 fully saturated rings. The van der Waals surface area contributed by atoms with Crippen molar-refractivity contribution >= 4 is 27.5 Å². The molecule has 0 heterocycles. The van der Waals surface area contributed by atoms with Crippen LogP contribution in [0.3, 0.4) is 0 Å². The van der Waals surface area contributed by atoms with Crippen molar-refractivity contribution in [3.8, 4) is 11.5 Å². The van der Waals surface area contributed by atoms with Crippen molar-refractivity contribution in [1.29, 1.82) is 0 Å². The predicted octanol–water partition coefficient (Wildman–Crippen LogP) is 2.51. The van der Waals surface area contributed by atoms with Crippen molar-refractivity contribution < 1.29 is 31.9 Å². The van der Waals surface area contributed by atoms with Gasteiger partial charge in [-0.15, -0.1) is 0 Å². The molecule has 1 atom stereocenters. The van der Waals surface area contributed by atoms with Crippen molar-refractivity contribution in [3.05, 3.63) is 53.1 Å². The van der Waals surface area contributed by atoms with Crippen molar-refractivity contribution in [1.82, 2.24) is 15.1 Å². The fraction of sp³-hybridized carbons (Fsp3) is 0.278. The molecule has 0 aromatic heterocycles. The molecule has 2 rings (SSSR count). The summed E-state index contributed by atoms with van der Waals surface area (Å²) in [5.74, 6) is -4.24. The molecule has 0 saturated carbocycles. The molecule has 2 aromatic carbocycles. The zero-order chi connectivity index (χ0) is 22.5. The number of hydrogen-bond donors (Lipinski definition) is 3. The van der Waals surface area contributed by atoms with Crippen molar-refractivity contribution in [3.63, 3.8) is 0 Å². The van der Waals surface area contributed by atoms with E-state index in [0.717, 1.165) is 0 Å². The van der Waals surface area contributed by atoms with E-state index in [2.05, 4.69) is 0 Å². The highest BCUT2D eigenvalue weighted by atomic mass is 35.5. The van der Waals surface area contributed by atoms with Gasteiger partial charge in [0, 0.05) is 5.02 Å². The first-order valence-electron chi connectivity index (χ1n) is 8.57. The zero-order valence-electron chi connectivity index (χ0n) is 16.0. The smallest absolute Gasteiger partial charge is 0.261 e. The highest BCUT2D eigenvalue weighted by Gasteiger charge is 2.28. The van der Waals surface area contributed by atoms with E-state index in [0.29, 0.717) is 23.7 Å². The number of carbonyl (C=O) groups is 1. The van der Waals surface area contributed by atoms with Gasteiger partial charge in [-0.2, -0.15) is 4.72 Å². The summed E-state index contributed by atoms with van der Waals surface area (Å²) in [6.07, 6.45) is 0.00134. The summed E-state index contributed by atoms with van der Waals surface area (Å²) < 4.78 is 61.1. The van der Waals surface area contributed by atoms with Gasteiger partial charge in [-0.1, -0.05) is 11.6 Å². The molecule has 0 saturated heterocycles. The third-order valence-electron chi connectivity index (χ3n) is 3.90. The van der Waals surface area contributed by atoms with Crippen LogP contribution in [-0.2, 0) is 14.8 Å². The van der Waals surface area contributed by atoms with E-state index in [-0.39, 0.29) is 12.2 Å². The van der Waals surface area contributed by atoms with Crippen LogP contribution >= 0.6 is 11.6 Å². The van der Waals surface area contributed by atoms with Crippen LogP contribution in [0.15, 0.2) is 41.3 Å². The van der Waals surface area contributed by atoms with Gasteiger partial charge < -0.3 is 9.64 Å². The lowest BCUT2D eigenvalue weighted by Crippen LogP contribution is -2.47. The molecule has 0 spiro atoms. The first-order chi connectivity index (χ1) is 14.0. The lowest BCUT2D eigenvalue weighted by Gasteiger charge is -2.19. The molecule has 0 bridgehead atoms. The largest absolute Gasteiger partial charge is 0.451 e. The molecule has 0 radical (unpaired) electrons. The Bertz CT molecular complexity index is 980. The molecule has 8 nitrogen and oxygen atoms in total. The maximum Gasteiger partial charge on any atom is 0.261 e. The van der Waals surface area contributed by atoms with Gasteiger partial charge in [-0.3, -0.25) is 10.0 Å². The maximum absolute atomic E-state index is 14.4. The minimum atomic E-state index is -4.50. The lowest BCUT2D eigenvalue weighted by molar-refractivity contribution is -0.131. The van der Waals surface area contributed by atoms with Crippen LogP contribution in [0.1, 0.15) is 6.42 Å².